The van der Waals surface area contributed by atoms with Gasteiger partial charge in [-0.15, -0.1) is 0 Å². The number of nitrogens with zero attached hydrogens (tertiary/aromatic N) is 3. The van der Waals surface area contributed by atoms with E-state index in [1.54, 1.807) is 12.1 Å². The highest BCUT2D eigenvalue weighted by Gasteiger charge is 2.25. The van der Waals surface area contributed by atoms with Crippen molar-refractivity contribution < 1.29 is 22.0 Å². The summed E-state index contributed by atoms with van der Waals surface area (Å²) < 4.78 is 55.2. The summed E-state index contributed by atoms with van der Waals surface area (Å²) in [6.45, 7) is 1.66. The molecule has 1 aliphatic rings. The van der Waals surface area contributed by atoms with Crippen LogP contribution in [0.3, 0.4) is 0 Å². The summed E-state index contributed by atoms with van der Waals surface area (Å²) in [6, 6.07) is 8.68. The molecule has 2 aromatic carbocycles. The van der Waals surface area contributed by atoms with Gasteiger partial charge in [0.2, 0.25) is 0 Å². The lowest BCUT2D eigenvalue weighted by molar-refractivity contribution is 0.0956. The third-order valence-corrected chi connectivity index (χ3v) is 6.69. The van der Waals surface area contributed by atoms with Crippen molar-refractivity contribution in [2.75, 3.05) is 18.0 Å². The van der Waals surface area contributed by atoms with Gasteiger partial charge in [-0.2, -0.15) is 8.75 Å². The first-order valence-electron chi connectivity index (χ1n) is 8.69. The summed E-state index contributed by atoms with van der Waals surface area (Å²) in [7, 11) is -4.23. The van der Waals surface area contributed by atoms with Crippen molar-refractivity contribution in [2.45, 2.75) is 11.3 Å². The molecule has 11 heteroatoms. The molecule has 0 bridgehead atoms. The molecule has 5 rings (SSSR count). The molecular formula is C18H13FN4O4S2. The van der Waals surface area contributed by atoms with E-state index < -0.39 is 21.7 Å². The Kier molecular flexibility index (Phi) is 4.03. The zero-order valence-corrected chi connectivity index (χ0v) is 16.4. The minimum Gasteiger partial charge on any atom is -0.451 e. The van der Waals surface area contributed by atoms with Crippen molar-refractivity contribution in [2.24, 2.45) is 0 Å². The van der Waals surface area contributed by atoms with Gasteiger partial charge in [-0.3, -0.25) is 4.79 Å². The number of fused-ring (bicyclic) bond motifs is 2. The molecule has 3 heterocycles. The van der Waals surface area contributed by atoms with Crippen LogP contribution in [0.25, 0.3) is 22.0 Å². The zero-order valence-electron chi connectivity index (χ0n) is 14.8. The monoisotopic (exact) mass is 432 g/mol. The second-order valence-corrected chi connectivity index (χ2v) is 8.79. The quantitative estimate of drug-likeness (QED) is 0.529. The van der Waals surface area contributed by atoms with E-state index in [-0.39, 0.29) is 27.1 Å². The number of amides is 1. The highest BCUT2D eigenvalue weighted by molar-refractivity contribution is 7.90. The number of carbonyl (C=O) groups excluding carboxylic acids is 1. The van der Waals surface area contributed by atoms with Crippen molar-refractivity contribution in [3.05, 3.63) is 48.0 Å². The van der Waals surface area contributed by atoms with E-state index in [1.165, 1.54) is 24.3 Å². The van der Waals surface area contributed by atoms with Gasteiger partial charge in [0.1, 0.15) is 27.3 Å². The summed E-state index contributed by atoms with van der Waals surface area (Å²) in [4.78, 5) is 14.3. The minimum absolute atomic E-state index is 0.114. The van der Waals surface area contributed by atoms with Gasteiger partial charge in [-0.1, -0.05) is 6.07 Å². The Morgan fingerprint density at radius 2 is 2.03 bits per heavy atom. The first-order valence-corrected chi connectivity index (χ1v) is 10.9. The van der Waals surface area contributed by atoms with Gasteiger partial charge in [0.15, 0.2) is 5.76 Å². The molecule has 1 aliphatic heterocycles. The Morgan fingerprint density at radius 1 is 1.21 bits per heavy atom. The van der Waals surface area contributed by atoms with E-state index in [4.69, 9.17) is 4.42 Å². The van der Waals surface area contributed by atoms with Crippen LogP contribution in [0.15, 0.2) is 45.7 Å². The Bertz CT molecular complexity index is 1380. The average molecular weight is 432 g/mol. The molecule has 8 nitrogen and oxygen atoms in total. The van der Waals surface area contributed by atoms with Gasteiger partial charge in [0.25, 0.3) is 10.0 Å². The summed E-state index contributed by atoms with van der Waals surface area (Å²) in [5, 5.41) is 0.114. The number of sulfonamides is 1. The second-order valence-electron chi connectivity index (χ2n) is 6.61. The fraction of sp³-hybridized carbons (Fsp3) is 0.167. The number of anilines is 1. The predicted octanol–water partition coefficient (Wildman–Crippen LogP) is 2.91. The van der Waals surface area contributed by atoms with Crippen LogP contribution >= 0.6 is 11.7 Å². The number of halogens is 1. The molecule has 1 fully saturated rings. The van der Waals surface area contributed by atoms with Crippen LogP contribution in [-0.4, -0.2) is 36.2 Å². The Balaban J connectivity index is 1.48. The number of hydrogen-bond donors (Lipinski definition) is 1. The summed E-state index contributed by atoms with van der Waals surface area (Å²) in [6.07, 6.45) is 1.03. The largest absolute Gasteiger partial charge is 0.451 e. The highest BCUT2D eigenvalue weighted by atomic mass is 32.2. The topological polar surface area (TPSA) is 105 Å². The molecule has 0 radical (unpaired) electrons. The van der Waals surface area contributed by atoms with E-state index in [0.717, 1.165) is 31.2 Å². The maximum absolute atomic E-state index is 14.4. The number of benzene rings is 2. The van der Waals surface area contributed by atoms with Crippen LogP contribution in [0, 0.1) is 5.82 Å². The molecular weight excluding hydrogens is 419 g/mol. The fourth-order valence-corrected chi connectivity index (χ4v) is 4.90. The van der Waals surface area contributed by atoms with Gasteiger partial charge >= 0.3 is 5.91 Å². The van der Waals surface area contributed by atoms with Gasteiger partial charge in [0.05, 0.1) is 17.1 Å². The van der Waals surface area contributed by atoms with Crippen molar-refractivity contribution in [1.29, 1.82) is 0 Å². The van der Waals surface area contributed by atoms with Crippen LogP contribution in [0.4, 0.5) is 10.1 Å². The molecule has 0 spiro atoms. The fourth-order valence-electron chi connectivity index (χ4n) is 3.18. The third-order valence-electron chi connectivity index (χ3n) is 4.78. The Labute approximate surface area is 168 Å². The lowest BCUT2D eigenvalue weighted by Crippen LogP contribution is -2.36. The van der Waals surface area contributed by atoms with E-state index in [0.29, 0.717) is 11.2 Å². The van der Waals surface area contributed by atoms with E-state index >= 15 is 0 Å². The van der Waals surface area contributed by atoms with E-state index in [1.807, 2.05) is 9.62 Å². The smallest absolute Gasteiger partial charge is 0.300 e. The van der Waals surface area contributed by atoms with Crippen molar-refractivity contribution in [3.63, 3.8) is 0 Å². The van der Waals surface area contributed by atoms with Crippen LogP contribution in [-0.2, 0) is 10.0 Å². The van der Waals surface area contributed by atoms with Crippen molar-refractivity contribution in [1.82, 2.24) is 13.5 Å². The molecule has 1 saturated heterocycles. The highest BCUT2D eigenvalue weighted by Crippen LogP contribution is 2.30. The number of carbonyl (C=O) groups is 1. The summed E-state index contributed by atoms with van der Waals surface area (Å²) >= 11 is 0.872. The van der Waals surface area contributed by atoms with Crippen LogP contribution < -0.4 is 9.62 Å². The van der Waals surface area contributed by atoms with Crippen molar-refractivity contribution in [3.8, 4) is 0 Å². The van der Waals surface area contributed by atoms with E-state index in [2.05, 4.69) is 8.75 Å². The maximum Gasteiger partial charge on any atom is 0.300 e. The molecule has 1 amide bonds. The van der Waals surface area contributed by atoms with Crippen LogP contribution in [0.2, 0.25) is 0 Å². The average Bonchev–Trinajstić information content (AvgIpc) is 3.26. The number of aromatic nitrogens is 2. The standard InChI is InChI=1S/C18H13FN4O4S2/c19-12-7-10(23-5-2-6-23)8-14-11(12)9-15(27-14)18(24)22-29(25,26)16-4-1-3-13-17(16)21-28-20-13/h1,3-4,7-9H,2,5-6H2,(H,22,24). The van der Waals surface area contributed by atoms with Gasteiger partial charge in [-0.25, -0.2) is 17.5 Å². The third kappa shape index (κ3) is 3.02. The molecule has 4 aromatic rings. The summed E-state index contributed by atoms with van der Waals surface area (Å²) in [5.74, 6) is -1.83. The molecule has 0 aliphatic carbocycles. The summed E-state index contributed by atoms with van der Waals surface area (Å²) in [5.41, 5.74) is 1.43. The predicted molar refractivity (Wildman–Crippen MR) is 105 cm³/mol. The molecule has 0 unspecified atom stereocenters. The van der Waals surface area contributed by atoms with Gasteiger partial charge < -0.3 is 9.32 Å². The lowest BCUT2D eigenvalue weighted by Gasteiger charge is -2.33. The van der Waals surface area contributed by atoms with Gasteiger partial charge in [0, 0.05) is 30.9 Å². The van der Waals surface area contributed by atoms with E-state index in [9.17, 15) is 17.6 Å². The van der Waals surface area contributed by atoms with Crippen LogP contribution in [0.5, 0.6) is 0 Å². The first-order chi connectivity index (χ1) is 13.9. The normalized spacial score (nSPS) is 14.3. The molecule has 0 saturated carbocycles. The maximum atomic E-state index is 14.4. The SMILES string of the molecule is O=C(NS(=O)(=O)c1cccc2nsnc12)c1cc2c(F)cc(N3CCC3)cc2o1. The molecule has 29 heavy (non-hydrogen) atoms. The molecule has 2 aromatic heterocycles. The van der Waals surface area contributed by atoms with Crippen LogP contribution in [0.1, 0.15) is 17.0 Å². The molecule has 148 valence electrons. The molecule has 1 N–H and O–H groups in total. The minimum atomic E-state index is -4.23. The first kappa shape index (κ1) is 18.0. The van der Waals surface area contributed by atoms with Gasteiger partial charge in [-0.05, 0) is 24.6 Å². The lowest BCUT2D eigenvalue weighted by atomic mass is 10.1. The number of nitrogens with one attached hydrogen (secondary N) is 1. The number of furan rings is 1. The number of hydrogen-bond acceptors (Lipinski definition) is 8. The number of rotatable bonds is 4. The molecule has 0 atom stereocenters. The zero-order chi connectivity index (χ0) is 20.2. The van der Waals surface area contributed by atoms with Crippen molar-refractivity contribution >= 4 is 55.3 Å². The second kappa shape index (κ2) is 6.49. The Hall–Kier alpha value is -3.05. The Morgan fingerprint density at radius 3 is 2.79 bits per heavy atom.